The van der Waals surface area contributed by atoms with Gasteiger partial charge in [0, 0.05) is 17.9 Å². The second-order valence-electron chi connectivity index (χ2n) is 10.4. The minimum atomic E-state index is -1.07. The maximum absolute atomic E-state index is 11.8. The molecule has 0 heterocycles. The number of hydrogen-bond acceptors (Lipinski definition) is 5. The molecule has 0 aliphatic heterocycles. The molecule has 0 aliphatic carbocycles. The molecule has 2 N–H and O–H groups in total. The van der Waals surface area contributed by atoms with Crippen molar-refractivity contribution in [2.75, 3.05) is 11.5 Å². The zero-order valence-corrected chi connectivity index (χ0v) is 25.4. The van der Waals surface area contributed by atoms with Crippen LogP contribution in [0.2, 0.25) is 0 Å². The summed E-state index contributed by atoms with van der Waals surface area (Å²) in [6, 6.07) is -0.962. The van der Waals surface area contributed by atoms with E-state index < -0.39 is 23.9 Å². The number of aliphatic carboxylic acids is 1. The fourth-order valence-electron chi connectivity index (χ4n) is 3.89. The smallest absolute Gasteiger partial charge is 0.327 e. The Morgan fingerprint density at radius 1 is 0.914 bits per heavy atom. The maximum Gasteiger partial charge on any atom is 0.327 e. The summed E-state index contributed by atoms with van der Waals surface area (Å²) >= 11 is 2.95. The third-order valence-electron chi connectivity index (χ3n) is 6.25. The zero-order chi connectivity index (χ0) is 26.6. The number of halogens is 1. The predicted octanol–water partition coefficient (Wildman–Crippen LogP) is 7.35. The molecule has 3 atom stereocenters. The first-order valence-electron chi connectivity index (χ1n) is 13.1. The Balaban J connectivity index is 4.01. The molecule has 0 aromatic rings. The maximum atomic E-state index is 11.8. The molecular formula is C27H48INO5S. The highest BCUT2D eigenvalue weighted by Gasteiger charge is 2.20. The van der Waals surface area contributed by atoms with Crippen LogP contribution in [0.3, 0.4) is 0 Å². The van der Waals surface area contributed by atoms with Crippen molar-refractivity contribution in [3.63, 3.8) is 0 Å². The number of carbonyl (C=O) groups excluding carboxylic acids is 2. The van der Waals surface area contributed by atoms with Crippen LogP contribution in [0.5, 0.6) is 0 Å². The van der Waals surface area contributed by atoms with E-state index >= 15 is 0 Å². The van der Waals surface area contributed by atoms with E-state index in [0.717, 1.165) is 29.9 Å². The van der Waals surface area contributed by atoms with E-state index in [-0.39, 0.29) is 18.6 Å². The molecule has 0 aromatic heterocycles. The molecule has 1 amide bonds. The Labute approximate surface area is 231 Å². The Bertz CT molecular complexity index is 641. The largest absolute Gasteiger partial charge is 0.480 e. The monoisotopic (exact) mass is 625 g/mol. The van der Waals surface area contributed by atoms with Gasteiger partial charge in [0.15, 0.2) is 23.0 Å². The molecule has 0 saturated carbocycles. The minimum Gasteiger partial charge on any atom is -0.480 e. The summed E-state index contributed by atoms with van der Waals surface area (Å²) in [7, 11) is 0. The van der Waals surface area contributed by atoms with Gasteiger partial charge in [-0.2, -0.15) is 11.8 Å². The van der Waals surface area contributed by atoms with Crippen molar-refractivity contribution >= 4 is 52.6 Å². The summed E-state index contributed by atoms with van der Waals surface area (Å²) in [5.74, 6) is 1.40. The van der Waals surface area contributed by atoms with E-state index in [0.29, 0.717) is 0 Å². The molecule has 0 rings (SSSR count). The van der Waals surface area contributed by atoms with Crippen molar-refractivity contribution in [3.8, 4) is 0 Å². The van der Waals surface area contributed by atoms with Crippen LogP contribution in [0.4, 0.5) is 0 Å². The van der Waals surface area contributed by atoms with Crippen molar-refractivity contribution in [3.05, 3.63) is 11.6 Å². The van der Waals surface area contributed by atoms with Crippen molar-refractivity contribution in [2.45, 2.75) is 111 Å². The molecular weight excluding hydrogens is 577 g/mol. The number of hydrogen-bond donors (Lipinski definition) is 2. The van der Waals surface area contributed by atoms with Gasteiger partial charge in [-0.15, -0.1) is 0 Å². The fraction of sp³-hybridized carbons (Fsp3) is 0.815. The lowest BCUT2D eigenvalue weighted by Gasteiger charge is -2.15. The number of carboxylic acids is 1. The molecule has 2 unspecified atom stereocenters. The van der Waals surface area contributed by atoms with E-state index in [1.165, 1.54) is 91.7 Å². The standard InChI is InChI=1S/C27H48INO5S/c1-20(2)9-6-10-21(3)11-7-12-22(4)13-8-14-23(5)17-18-35-19-24(27(32)33)29-25(30)15-16-26(31)34-28/h17,20-22,24H,6-16,18-19H2,1-5H3,(H,29,30)(H,32,33)/b23-17+/t21?,22?,24-/m0/s1. The SMILES string of the molecule is C/C(=C\CSC[C@H](NC(=O)CCC(=O)OI)C(=O)O)CCCC(C)CCCC(C)CCCC(C)C. The molecule has 0 saturated heterocycles. The van der Waals surface area contributed by atoms with E-state index in [1.807, 2.05) is 0 Å². The van der Waals surface area contributed by atoms with Gasteiger partial charge in [-0.3, -0.25) is 9.59 Å². The van der Waals surface area contributed by atoms with Crippen LogP contribution in [0, 0.1) is 17.8 Å². The van der Waals surface area contributed by atoms with Crippen LogP contribution >= 0.6 is 34.8 Å². The van der Waals surface area contributed by atoms with Crippen LogP contribution in [0.25, 0.3) is 0 Å². The summed E-state index contributed by atoms with van der Waals surface area (Å²) < 4.78 is 4.46. The summed E-state index contributed by atoms with van der Waals surface area (Å²) in [5.41, 5.74) is 1.33. The molecule has 0 fully saturated rings. The van der Waals surface area contributed by atoms with E-state index in [9.17, 15) is 19.5 Å². The first kappa shape index (κ1) is 34.2. The summed E-state index contributed by atoms with van der Waals surface area (Å²) in [5, 5.41) is 11.8. The molecule has 0 spiro atoms. The molecule has 0 aromatic carbocycles. The summed E-state index contributed by atoms with van der Waals surface area (Å²) in [4.78, 5) is 34.4. The second-order valence-corrected chi connectivity index (χ2v) is 11.9. The molecule has 35 heavy (non-hydrogen) atoms. The topological polar surface area (TPSA) is 92.7 Å². The lowest BCUT2D eigenvalue weighted by atomic mass is 9.91. The van der Waals surface area contributed by atoms with Crippen molar-refractivity contribution in [2.24, 2.45) is 17.8 Å². The van der Waals surface area contributed by atoms with Crippen LogP contribution in [-0.4, -0.2) is 40.5 Å². The van der Waals surface area contributed by atoms with E-state index in [1.54, 1.807) is 0 Å². The lowest BCUT2D eigenvalue weighted by molar-refractivity contribution is -0.141. The molecule has 0 bridgehead atoms. The van der Waals surface area contributed by atoms with E-state index in [4.69, 9.17) is 0 Å². The number of thioether (sulfide) groups is 1. The molecule has 0 aliphatic rings. The van der Waals surface area contributed by atoms with Crippen molar-refractivity contribution < 1.29 is 22.6 Å². The highest BCUT2D eigenvalue weighted by atomic mass is 127. The van der Waals surface area contributed by atoms with Crippen LogP contribution in [0.1, 0.15) is 105 Å². The van der Waals surface area contributed by atoms with Gasteiger partial charge in [-0.25, -0.2) is 4.79 Å². The number of nitrogens with one attached hydrogen (secondary N) is 1. The van der Waals surface area contributed by atoms with Crippen LogP contribution in [0.15, 0.2) is 11.6 Å². The molecule has 8 heteroatoms. The van der Waals surface area contributed by atoms with Gasteiger partial charge in [0.2, 0.25) is 5.91 Å². The minimum absolute atomic E-state index is 0.0631. The highest BCUT2D eigenvalue weighted by molar-refractivity contribution is 14.1. The molecule has 0 radical (unpaired) electrons. The average Bonchev–Trinajstić information content (AvgIpc) is 2.78. The first-order chi connectivity index (χ1) is 16.5. The molecule has 204 valence electrons. The number of allylic oxidation sites excluding steroid dienone is 1. The predicted molar refractivity (Wildman–Crippen MR) is 155 cm³/mol. The van der Waals surface area contributed by atoms with Gasteiger partial charge >= 0.3 is 11.9 Å². The lowest BCUT2D eigenvalue weighted by Crippen LogP contribution is -2.42. The average molecular weight is 626 g/mol. The van der Waals surface area contributed by atoms with E-state index in [2.05, 4.69) is 49.1 Å². The summed E-state index contributed by atoms with van der Waals surface area (Å²) in [6.07, 6.45) is 13.6. The summed E-state index contributed by atoms with van der Waals surface area (Å²) in [6.45, 7) is 11.5. The first-order valence-corrected chi connectivity index (χ1v) is 15.2. The number of carboxylic acid groups (broad SMARTS) is 1. The highest BCUT2D eigenvalue weighted by Crippen LogP contribution is 2.22. The van der Waals surface area contributed by atoms with Crippen LogP contribution in [-0.2, 0) is 17.4 Å². The van der Waals surface area contributed by atoms with Gasteiger partial charge in [0.25, 0.3) is 0 Å². The van der Waals surface area contributed by atoms with Crippen LogP contribution < -0.4 is 5.32 Å². The number of carbonyl (C=O) groups is 3. The fourth-order valence-corrected chi connectivity index (χ4v) is 5.11. The Hall–Kier alpha value is -0.770. The zero-order valence-electron chi connectivity index (χ0n) is 22.4. The van der Waals surface area contributed by atoms with Gasteiger partial charge < -0.3 is 13.5 Å². The quantitative estimate of drug-likeness (QED) is 0.0788. The van der Waals surface area contributed by atoms with Gasteiger partial charge in [0.1, 0.15) is 6.04 Å². The second kappa shape index (κ2) is 21.3. The van der Waals surface area contributed by atoms with Crippen molar-refractivity contribution in [1.82, 2.24) is 5.32 Å². The van der Waals surface area contributed by atoms with Crippen molar-refractivity contribution in [1.29, 1.82) is 0 Å². The van der Waals surface area contributed by atoms with Gasteiger partial charge in [0.05, 0.1) is 6.42 Å². The number of rotatable bonds is 21. The Kier molecular flexibility index (Phi) is 20.9. The Morgan fingerprint density at radius 2 is 1.49 bits per heavy atom. The third kappa shape index (κ3) is 21.1. The van der Waals surface area contributed by atoms with Gasteiger partial charge in [-0.1, -0.05) is 84.3 Å². The third-order valence-corrected chi connectivity index (χ3v) is 7.71. The Morgan fingerprint density at radius 3 is 2.03 bits per heavy atom. The number of amides is 1. The normalized spacial score (nSPS) is 14.4. The van der Waals surface area contributed by atoms with Gasteiger partial charge in [-0.05, 0) is 37.5 Å². The molecule has 6 nitrogen and oxygen atoms in total.